The molecule has 0 aliphatic rings. The van der Waals surface area contributed by atoms with Crippen molar-refractivity contribution in [2.24, 2.45) is 5.73 Å². The first-order chi connectivity index (χ1) is 9.04. The van der Waals surface area contributed by atoms with Crippen LogP contribution in [0.4, 0.5) is 0 Å². The van der Waals surface area contributed by atoms with Gasteiger partial charge in [0.15, 0.2) is 0 Å². The first-order valence-electron chi connectivity index (χ1n) is 6.02. The van der Waals surface area contributed by atoms with Gasteiger partial charge in [0, 0.05) is 11.1 Å². The van der Waals surface area contributed by atoms with E-state index in [1.165, 1.54) is 0 Å². The molecule has 2 aromatic rings. The summed E-state index contributed by atoms with van der Waals surface area (Å²) in [7, 11) is 0. The van der Waals surface area contributed by atoms with Gasteiger partial charge in [-0.05, 0) is 65.2 Å². The van der Waals surface area contributed by atoms with Gasteiger partial charge in [-0.3, -0.25) is 0 Å². The molecule has 2 aromatic carbocycles. The maximum Gasteiger partial charge on any atom is 0.141 e. The zero-order valence-electron chi connectivity index (χ0n) is 10.6. The van der Waals surface area contributed by atoms with Crippen LogP contribution < -0.4 is 10.5 Å². The van der Waals surface area contributed by atoms with E-state index in [2.05, 4.69) is 15.9 Å². The van der Waals surface area contributed by atoms with Crippen LogP contribution >= 0.6 is 27.5 Å². The summed E-state index contributed by atoms with van der Waals surface area (Å²) in [6.07, 6.45) is 0.832. The van der Waals surface area contributed by atoms with Crippen LogP contribution in [0.2, 0.25) is 5.02 Å². The Balaban J connectivity index is 2.18. The monoisotopic (exact) mass is 339 g/mol. The van der Waals surface area contributed by atoms with E-state index < -0.39 is 0 Å². The fourth-order valence-corrected chi connectivity index (χ4v) is 2.56. The molecule has 2 N–H and O–H groups in total. The molecule has 1 atom stereocenters. The average molecular weight is 341 g/mol. The topological polar surface area (TPSA) is 35.2 Å². The smallest absolute Gasteiger partial charge is 0.141 e. The third-order valence-corrected chi connectivity index (χ3v) is 3.43. The molecule has 0 amide bonds. The predicted molar refractivity (Wildman–Crippen MR) is 83.0 cm³/mol. The van der Waals surface area contributed by atoms with Crippen molar-refractivity contribution in [3.8, 4) is 11.5 Å². The van der Waals surface area contributed by atoms with Crippen molar-refractivity contribution in [2.75, 3.05) is 0 Å². The molecule has 0 bridgehead atoms. The van der Waals surface area contributed by atoms with Gasteiger partial charge in [-0.25, -0.2) is 0 Å². The minimum Gasteiger partial charge on any atom is -0.456 e. The molecule has 0 spiro atoms. The molecule has 0 saturated heterocycles. The number of hydrogen-bond donors (Lipinski definition) is 1. The first-order valence-corrected chi connectivity index (χ1v) is 7.19. The number of nitrogens with two attached hydrogens (primary N) is 1. The second kappa shape index (κ2) is 6.42. The van der Waals surface area contributed by atoms with Crippen molar-refractivity contribution in [1.29, 1.82) is 0 Å². The highest BCUT2D eigenvalue weighted by Gasteiger charge is 2.05. The normalized spacial score (nSPS) is 12.2. The Labute approximate surface area is 126 Å². The summed E-state index contributed by atoms with van der Waals surface area (Å²) in [5.74, 6) is 1.53. The lowest BCUT2D eigenvalue weighted by Crippen LogP contribution is -2.17. The Hall–Kier alpha value is -1.03. The molecule has 0 saturated carbocycles. The predicted octanol–water partition coefficient (Wildman–Crippen LogP) is 4.78. The minimum absolute atomic E-state index is 0.137. The van der Waals surface area contributed by atoms with E-state index in [1.807, 2.05) is 43.3 Å². The highest BCUT2D eigenvalue weighted by molar-refractivity contribution is 9.10. The molecular formula is C15H15BrClNO. The van der Waals surface area contributed by atoms with Crippen molar-refractivity contribution in [1.82, 2.24) is 0 Å². The molecule has 0 aliphatic carbocycles. The Morgan fingerprint density at radius 3 is 2.74 bits per heavy atom. The number of rotatable bonds is 4. The van der Waals surface area contributed by atoms with Crippen LogP contribution in [-0.2, 0) is 6.42 Å². The van der Waals surface area contributed by atoms with Crippen molar-refractivity contribution >= 4 is 27.5 Å². The van der Waals surface area contributed by atoms with E-state index in [1.54, 1.807) is 6.07 Å². The first kappa shape index (κ1) is 14.4. The van der Waals surface area contributed by atoms with E-state index in [0.29, 0.717) is 5.02 Å². The molecule has 0 aromatic heterocycles. The number of benzene rings is 2. The summed E-state index contributed by atoms with van der Waals surface area (Å²) in [5.41, 5.74) is 6.97. The highest BCUT2D eigenvalue weighted by Crippen LogP contribution is 2.32. The number of halogens is 2. The minimum atomic E-state index is 0.137. The zero-order valence-corrected chi connectivity index (χ0v) is 12.9. The SMILES string of the molecule is CC(N)Cc1cccc(Oc2ccc(Cl)cc2Br)c1. The Morgan fingerprint density at radius 1 is 1.26 bits per heavy atom. The van der Waals surface area contributed by atoms with Crippen LogP contribution in [0.15, 0.2) is 46.9 Å². The van der Waals surface area contributed by atoms with E-state index in [9.17, 15) is 0 Å². The molecule has 0 heterocycles. The zero-order chi connectivity index (χ0) is 13.8. The van der Waals surface area contributed by atoms with Crippen LogP contribution in [0.25, 0.3) is 0 Å². The lowest BCUT2D eigenvalue weighted by atomic mass is 10.1. The summed E-state index contributed by atoms with van der Waals surface area (Å²) in [6.45, 7) is 1.99. The molecule has 4 heteroatoms. The maximum atomic E-state index is 5.90. The van der Waals surface area contributed by atoms with Crippen molar-refractivity contribution in [2.45, 2.75) is 19.4 Å². The molecule has 0 fully saturated rings. The van der Waals surface area contributed by atoms with Crippen molar-refractivity contribution in [3.05, 3.63) is 57.5 Å². The van der Waals surface area contributed by atoms with Crippen LogP contribution in [0, 0.1) is 0 Å². The van der Waals surface area contributed by atoms with Crippen LogP contribution in [-0.4, -0.2) is 6.04 Å². The van der Waals surface area contributed by atoms with Gasteiger partial charge in [0.1, 0.15) is 11.5 Å². The molecule has 100 valence electrons. The molecule has 0 aliphatic heterocycles. The molecule has 2 nitrogen and oxygen atoms in total. The van der Waals surface area contributed by atoms with Crippen LogP contribution in [0.1, 0.15) is 12.5 Å². The van der Waals surface area contributed by atoms with Gasteiger partial charge in [-0.15, -0.1) is 0 Å². The molecule has 2 rings (SSSR count). The molecule has 1 unspecified atom stereocenters. The lowest BCUT2D eigenvalue weighted by Gasteiger charge is -2.10. The molecular weight excluding hydrogens is 326 g/mol. The second-order valence-corrected chi connectivity index (χ2v) is 5.80. The lowest BCUT2D eigenvalue weighted by molar-refractivity contribution is 0.478. The summed E-state index contributed by atoms with van der Waals surface area (Å²) in [5, 5.41) is 0.671. The number of ether oxygens (including phenoxy) is 1. The van der Waals surface area contributed by atoms with Crippen LogP contribution in [0.3, 0.4) is 0 Å². The average Bonchev–Trinajstić information content (AvgIpc) is 2.32. The second-order valence-electron chi connectivity index (χ2n) is 4.51. The van der Waals surface area contributed by atoms with E-state index in [4.69, 9.17) is 22.1 Å². The van der Waals surface area contributed by atoms with Crippen molar-refractivity contribution in [3.63, 3.8) is 0 Å². The number of hydrogen-bond acceptors (Lipinski definition) is 2. The largest absolute Gasteiger partial charge is 0.456 e. The van der Waals surface area contributed by atoms with Gasteiger partial charge in [0.2, 0.25) is 0 Å². The fourth-order valence-electron chi connectivity index (χ4n) is 1.79. The van der Waals surface area contributed by atoms with Gasteiger partial charge in [-0.2, -0.15) is 0 Å². The summed E-state index contributed by atoms with van der Waals surface area (Å²) in [6, 6.07) is 13.5. The van der Waals surface area contributed by atoms with Gasteiger partial charge < -0.3 is 10.5 Å². The third kappa shape index (κ3) is 4.23. The van der Waals surface area contributed by atoms with Gasteiger partial charge >= 0.3 is 0 Å². The Bertz CT molecular complexity index is 572. The third-order valence-electron chi connectivity index (χ3n) is 2.58. The summed E-state index contributed by atoms with van der Waals surface area (Å²) in [4.78, 5) is 0. The van der Waals surface area contributed by atoms with E-state index >= 15 is 0 Å². The van der Waals surface area contributed by atoms with E-state index in [-0.39, 0.29) is 6.04 Å². The van der Waals surface area contributed by atoms with Crippen LogP contribution in [0.5, 0.6) is 11.5 Å². The van der Waals surface area contributed by atoms with Gasteiger partial charge in [0.05, 0.1) is 4.47 Å². The standard InChI is InChI=1S/C15H15BrClNO/c1-10(18)7-11-3-2-4-13(8-11)19-15-6-5-12(17)9-14(15)16/h2-6,8-10H,7,18H2,1H3. The summed E-state index contributed by atoms with van der Waals surface area (Å²) >= 11 is 9.34. The molecule has 0 radical (unpaired) electrons. The van der Waals surface area contributed by atoms with Gasteiger partial charge in [-0.1, -0.05) is 23.7 Å². The van der Waals surface area contributed by atoms with Crippen molar-refractivity contribution < 1.29 is 4.74 Å². The van der Waals surface area contributed by atoms with Gasteiger partial charge in [0.25, 0.3) is 0 Å². The molecule has 19 heavy (non-hydrogen) atoms. The Kier molecular flexibility index (Phi) is 4.86. The maximum absolute atomic E-state index is 5.90. The Morgan fingerprint density at radius 2 is 2.05 bits per heavy atom. The quantitative estimate of drug-likeness (QED) is 0.869. The highest BCUT2D eigenvalue weighted by atomic mass is 79.9. The summed E-state index contributed by atoms with van der Waals surface area (Å²) < 4.78 is 6.67. The fraction of sp³-hybridized carbons (Fsp3) is 0.200. The van der Waals surface area contributed by atoms with E-state index in [0.717, 1.165) is 28.0 Å².